The van der Waals surface area contributed by atoms with Crippen LogP contribution in [0.2, 0.25) is 0 Å². The van der Waals surface area contributed by atoms with E-state index in [-0.39, 0.29) is 11.8 Å². The molecule has 1 atom stereocenters. The summed E-state index contributed by atoms with van der Waals surface area (Å²) >= 11 is 0. The number of nitrogen functional groups attached to an aromatic ring is 1. The number of ketones is 1. The zero-order chi connectivity index (χ0) is 19.7. The van der Waals surface area contributed by atoms with Gasteiger partial charge in [0.2, 0.25) is 0 Å². The van der Waals surface area contributed by atoms with E-state index in [1.54, 1.807) is 22.7 Å². The zero-order valence-electron chi connectivity index (χ0n) is 16.1. The Balaban J connectivity index is 1.54. The van der Waals surface area contributed by atoms with E-state index in [4.69, 9.17) is 10.5 Å². The molecule has 3 heterocycles. The Morgan fingerprint density at radius 3 is 2.71 bits per heavy atom. The van der Waals surface area contributed by atoms with E-state index < -0.39 is 0 Å². The minimum absolute atomic E-state index is 0.0265. The number of likely N-dealkylation sites (tertiary alicyclic amines) is 1. The quantitative estimate of drug-likeness (QED) is 0.658. The molecule has 1 fully saturated rings. The molecular formula is C20H24N6O2. The summed E-state index contributed by atoms with van der Waals surface area (Å²) < 4.78 is 8.55. The van der Waals surface area contributed by atoms with Crippen molar-refractivity contribution < 1.29 is 9.53 Å². The number of hydrogen-bond acceptors (Lipinski definition) is 6. The summed E-state index contributed by atoms with van der Waals surface area (Å²) in [6, 6.07) is 7.22. The number of methoxy groups -OCH3 is 1. The SMILES string of the molecule is COc1ccc(-n2ncc(C(=O)[C@@H]3CCCN3Cc3cnn(C)c3)c2N)cc1. The smallest absolute Gasteiger partial charge is 0.185 e. The predicted molar refractivity (Wildman–Crippen MR) is 105 cm³/mol. The van der Waals surface area contributed by atoms with Crippen LogP contribution in [0.15, 0.2) is 42.9 Å². The summed E-state index contributed by atoms with van der Waals surface area (Å²) in [4.78, 5) is 15.4. The highest BCUT2D eigenvalue weighted by Crippen LogP contribution is 2.27. The Morgan fingerprint density at radius 2 is 2.04 bits per heavy atom. The Bertz CT molecular complexity index is 975. The van der Waals surface area contributed by atoms with Crippen LogP contribution in [0.1, 0.15) is 28.8 Å². The van der Waals surface area contributed by atoms with Crippen molar-refractivity contribution in [3.8, 4) is 11.4 Å². The van der Waals surface area contributed by atoms with Gasteiger partial charge in [-0.15, -0.1) is 0 Å². The van der Waals surface area contributed by atoms with Gasteiger partial charge in [-0.3, -0.25) is 14.4 Å². The predicted octanol–water partition coefficient (Wildman–Crippen LogP) is 2.04. The first-order valence-corrected chi connectivity index (χ1v) is 9.30. The average Bonchev–Trinajstić information content (AvgIpc) is 3.42. The lowest BCUT2D eigenvalue weighted by atomic mass is 10.0. The van der Waals surface area contributed by atoms with Crippen LogP contribution in [0.25, 0.3) is 5.69 Å². The van der Waals surface area contributed by atoms with E-state index >= 15 is 0 Å². The first-order valence-electron chi connectivity index (χ1n) is 9.30. The van der Waals surface area contributed by atoms with E-state index in [1.165, 1.54) is 0 Å². The first kappa shape index (κ1) is 18.2. The summed E-state index contributed by atoms with van der Waals surface area (Å²) in [7, 11) is 3.51. The van der Waals surface area contributed by atoms with Crippen LogP contribution in [0, 0.1) is 0 Å². The van der Waals surface area contributed by atoms with Crippen molar-refractivity contribution in [1.82, 2.24) is 24.5 Å². The molecule has 0 amide bonds. The number of rotatable bonds is 6. The molecule has 0 saturated carbocycles. The second-order valence-electron chi connectivity index (χ2n) is 7.07. The molecule has 1 aromatic carbocycles. The highest BCUT2D eigenvalue weighted by molar-refractivity contribution is 6.03. The Hall–Kier alpha value is -3.13. The zero-order valence-corrected chi connectivity index (χ0v) is 16.1. The molecule has 0 aliphatic carbocycles. The summed E-state index contributed by atoms with van der Waals surface area (Å²) in [5.74, 6) is 1.14. The Morgan fingerprint density at radius 1 is 1.25 bits per heavy atom. The number of aromatic nitrogens is 4. The first-order chi connectivity index (χ1) is 13.6. The molecule has 3 aromatic rings. The molecule has 1 aliphatic heterocycles. The highest BCUT2D eigenvalue weighted by atomic mass is 16.5. The maximum Gasteiger partial charge on any atom is 0.185 e. The monoisotopic (exact) mass is 380 g/mol. The lowest BCUT2D eigenvalue weighted by molar-refractivity contribution is 0.0863. The molecule has 146 valence electrons. The summed E-state index contributed by atoms with van der Waals surface area (Å²) in [6.07, 6.45) is 7.21. The third kappa shape index (κ3) is 3.38. The number of carbonyl (C=O) groups is 1. The third-order valence-electron chi connectivity index (χ3n) is 5.20. The topological polar surface area (TPSA) is 91.2 Å². The van der Waals surface area contributed by atoms with Gasteiger partial charge in [-0.1, -0.05) is 0 Å². The number of anilines is 1. The van der Waals surface area contributed by atoms with Crippen molar-refractivity contribution in [2.24, 2.45) is 7.05 Å². The average molecular weight is 380 g/mol. The van der Waals surface area contributed by atoms with Gasteiger partial charge >= 0.3 is 0 Å². The van der Waals surface area contributed by atoms with Gasteiger partial charge in [0, 0.05) is 25.4 Å². The molecule has 8 heteroatoms. The number of carbonyl (C=O) groups excluding carboxylic acids is 1. The molecule has 0 radical (unpaired) electrons. The molecule has 0 unspecified atom stereocenters. The molecule has 4 rings (SSSR count). The highest BCUT2D eigenvalue weighted by Gasteiger charge is 2.33. The van der Waals surface area contributed by atoms with Crippen LogP contribution in [0.4, 0.5) is 5.82 Å². The second kappa shape index (κ2) is 7.47. The molecule has 0 bridgehead atoms. The fraction of sp³-hybridized carbons (Fsp3) is 0.350. The minimum atomic E-state index is -0.184. The molecule has 2 aromatic heterocycles. The van der Waals surface area contributed by atoms with E-state index in [1.807, 2.05) is 43.7 Å². The van der Waals surface area contributed by atoms with Gasteiger partial charge in [0.1, 0.15) is 11.6 Å². The summed E-state index contributed by atoms with van der Waals surface area (Å²) in [5.41, 5.74) is 8.65. The number of Topliss-reactive ketones (excluding diaryl/α,β-unsaturated/α-hetero) is 1. The van der Waals surface area contributed by atoms with E-state index in [0.29, 0.717) is 17.9 Å². The third-order valence-corrected chi connectivity index (χ3v) is 5.20. The number of nitrogens with two attached hydrogens (primary N) is 1. The maximum absolute atomic E-state index is 13.2. The molecule has 2 N–H and O–H groups in total. The lowest BCUT2D eigenvalue weighted by Crippen LogP contribution is -2.35. The summed E-state index contributed by atoms with van der Waals surface area (Å²) in [6.45, 7) is 1.59. The molecular weight excluding hydrogens is 356 g/mol. The standard InChI is InChI=1S/C20H24N6O2/c1-24-12-14(10-22-24)13-25-9-3-4-18(25)19(27)17-11-23-26(20(17)21)15-5-7-16(28-2)8-6-15/h5-8,10-12,18H,3-4,9,13,21H2,1-2H3/t18-/m0/s1. The minimum Gasteiger partial charge on any atom is -0.497 e. The van der Waals surface area contributed by atoms with Crippen molar-refractivity contribution in [2.45, 2.75) is 25.4 Å². The molecule has 8 nitrogen and oxygen atoms in total. The molecule has 1 saturated heterocycles. The van der Waals surface area contributed by atoms with Gasteiger partial charge < -0.3 is 10.5 Å². The molecule has 1 aliphatic rings. The lowest BCUT2D eigenvalue weighted by Gasteiger charge is -2.22. The van der Waals surface area contributed by atoms with E-state index in [0.717, 1.165) is 36.4 Å². The van der Waals surface area contributed by atoms with Crippen molar-refractivity contribution in [3.05, 3.63) is 54.0 Å². The van der Waals surface area contributed by atoms with Crippen LogP contribution in [0.5, 0.6) is 5.75 Å². The number of aryl methyl sites for hydroxylation is 1. The van der Waals surface area contributed by atoms with Crippen LogP contribution in [0.3, 0.4) is 0 Å². The number of hydrogen-bond donors (Lipinski definition) is 1. The van der Waals surface area contributed by atoms with Gasteiger partial charge in [-0.05, 0) is 43.7 Å². The largest absolute Gasteiger partial charge is 0.497 e. The summed E-state index contributed by atoms with van der Waals surface area (Å²) in [5, 5.41) is 8.56. The normalized spacial score (nSPS) is 17.1. The number of nitrogens with zero attached hydrogens (tertiary/aromatic N) is 5. The fourth-order valence-electron chi connectivity index (χ4n) is 3.76. The second-order valence-corrected chi connectivity index (χ2v) is 7.07. The number of benzene rings is 1. The van der Waals surface area contributed by atoms with Gasteiger partial charge in [0.05, 0.1) is 36.8 Å². The molecule has 28 heavy (non-hydrogen) atoms. The fourth-order valence-corrected chi connectivity index (χ4v) is 3.76. The van der Waals surface area contributed by atoms with Gasteiger partial charge in [0.25, 0.3) is 0 Å². The number of ether oxygens (including phenoxy) is 1. The van der Waals surface area contributed by atoms with Crippen LogP contribution < -0.4 is 10.5 Å². The van der Waals surface area contributed by atoms with Crippen LogP contribution >= 0.6 is 0 Å². The van der Waals surface area contributed by atoms with E-state index in [2.05, 4.69) is 15.1 Å². The Kier molecular flexibility index (Phi) is 4.87. The van der Waals surface area contributed by atoms with Crippen LogP contribution in [-0.4, -0.2) is 49.9 Å². The van der Waals surface area contributed by atoms with Crippen molar-refractivity contribution in [3.63, 3.8) is 0 Å². The van der Waals surface area contributed by atoms with Crippen molar-refractivity contribution >= 4 is 11.6 Å². The maximum atomic E-state index is 13.2. The van der Waals surface area contributed by atoms with Crippen molar-refractivity contribution in [2.75, 3.05) is 19.4 Å². The van der Waals surface area contributed by atoms with E-state index in [9.17, 15) is 4.79 Å². The van der Waals surface area contributed by atoms with Crippen LogP contribution in [-0.2, 0) is 13.6 Å². The van der Waals surface area contributed by atoms with Crippen molar-refractivity contribution in [1.29, 1.82) is 0 Å². The van der Waals surface area contributed by atoms with Gasteiger partial charge in [0.15, 0.2) is 5.78 Å². The Labute approximate surface area is 163 Å². The molecule has 0 spiro atoms. The van der Waals surface area contributed by atoms with Gasteiger partial charge in [-0.2, -0.15) is 10.2 Å². The van der Waals surface area contributed by atoms with Gasteiger partial charge in [-0.25, -0.2) is 4.68 Å².